The largest absolute Gasteiger partial charge is 0.329 e. The molecule has 1 unspecified atom stereocenters. The van der Waals surface area contributed by atoms with E-state index in [2.05, 4.69) is 58.6 Å². The molecule has 0 radical (unpaired) electrons. The lowest BCUT2D eigenvalue weighted by atomic mass is 9.93. The summed E-state index contributed by atoms with van der Waals surface area (Å²) in [7, 11) is 0. The summed E-state index contributed by atoms with van der Waals surface area (Å²) in [6, 6.07) is 4.99. The van der Waals surface area contributed by atoms with Gasteiger partial charge in [0, 0.05) is 19.1 Å². The first-order chi connectivity index (χ1) is 9.98. The Morgan fingerprint density at radius 3 is 2.00 bits per heavy atom. The highest BCUT2D eigenvalue weighted by molar-refractivity contribution is 5.38. The standard InChI is InChI=1S/C19H34N2/c1-7-17(8-2)13-21(9-3)19(12-20)18-11-15(5)14(4)10-16(18)6/h10-11,17,19H,7-9,12-13,20H2,1-6H3. The van der Waals surface area contributed by atoms with Crippen molar-refractivity contribution in [3.05, 3.63) is 34.4 Å². The first-order valence-electron chi connectivity index (χ1n) is 8.50. The Morgan fingerprint density at radius 2 is 1.52 bits per heavy atom. The number of likely N-dealkylation sites (N-methyl/N-ethyl adjacent to an activating group) is 1. The van der Waals surface area contributed by atoms with E-state index in [1.165, 1.54) is 35.1 Å². The molecule has 0 aliphatic rings. The van der Waals surface area contributed by atoms with E-state index in [1.807, 2.05) is 0 Å². The van der Waals surface area contributed by atoms with Crippen LogP contribution in [-0.4, -0.2) is 24.5 Å². The van der Waals surface area contributed by atoms with E-state index >= 15 is 0 Å². The predicted molar refractivity (Wildman–Crippen MR) is 93.8 cm³/mol. The molecule has 1 rings (SSSR count). The molecule has 1 aromatic rings. The first-order valence-corrected chi connectivity index (χ1v) is 8.50. The van der Waals surface area contributed by atoms with Gasteiger partial charge in [0.05, 0.1) is 0 Å². The molecule has 0 saturated carbocycles. The molecule has 120 valence electrons. The molecule has 21 heavy (non-hydrogen) atoms. The Morgan fingerprint density at radius 1 is 0.952 bits per heavy atom. The second kappa shape index (κ2) is 8.55. The zero-order chi connectivity index (χ0) is 16.0. The van der Waals surface area contributed by atoms with Gasteiger partial charge in [0.25, 0.3) is 0 Å². The van der Waals surface area contributed by atoms with Crippen molar-refractivity contribution in [2.75, 3.05) is 19.6 Å². The predicted octanol–water partition coefficient (Wildman–Crippen LogP) is 4.37. The third kappa shape index (κ3) is 4.55. The average Bonchev–Trinajstić information content (AvgIpc) is 2.48. The maximum absolute atomic E-state index is 6.16. The number of nitrogens with zero attached hydrogens (tertiary/aromatic N) is 1. The lowest BCUT2D eigenvalue weighted by Gasteiger charge is -2.34. The van der Waals surface area contributed by atoms with Crippen molar-refractivity contribution in [3.63, 3.8) is 0 Å². The van der Waals surface area contributed by atoms with E-state index in [0.717, 1.165) is 19.0 Å². The molecule has 0 spiro atoms. The maximum Gasteiger partial charge on any atom is 0.0473 e. The van der Waals surface area contributed by atoms with Crippen molar-refractivity contribution in [2.24, 2.45) is 11.7 Å². The molecule has 0 heterocycles. The summed E-state index contributed by atoms with van der Waals surface area (Å²) in [5, 5.41) is 0. The van der Waals surface area contributed by atoms with Crippen LogP contribution in [0.25, 0.3) is 0 Å². The molecule has 0 amide bonds. The Labute approximate surface area is 131 Å². The number of rotatable bonds is 8. The summed E-state index contributed by atoms with van der Waals surface area (Å²) in [6.45, 7) is 16.3. The van der Waals surface area contributed by atoms with Gasteiger partial charge in [-0.2, -0.15) is 0 Å². The number of aryl methyl sites for hydroxylation is 3. The lowest BCUT2D eigenvalue weighted by molar-refractivity contribution is 0.174. The van der Waals surface area contributed by atoms with Gasteiger partial charge in [-0.15, -0.1) is 0 Å². The highest BCUT2D eigenvalue weighted by Crippen LogP contribution is 2.27. The van der Waals surface area contributed by atoms with Gasteiger partial charge < -0.3 is 5.73 Å². The number of nitrogens with two attached hydrogens (primary N) is 1. The quantitative estimate of drug-likeness (QED) is 0.770. The van der Waals surface area contributed by atoms with Gasteiger partial charge in [0.2, 0.25) is 0 Å². The van der Waals surface area contributed by atoms with Crippen LogP contribution in [-0.2, 0) is 0 Å². The van der Waals surface area contributed by atoms with Crippen LogP contribution in [0.1, 0.15) is 61.9 Å². The fourth-order valence-electron chi connectivity index (χ4n) is 3.17. The van der Waals surface area contributed by atoms with Crippen LogP contribution < -0.4 is 5.73 Å². The van der Waals surface area contributed by atoms with Crippen LogP contribution in [0.2, 0.25) is 0 Å². The SMILES string of the molecule is CCC(CC)CN(CC)C(CN)c1cc(C)c(C)cc1C. The molecule has 1 aromatic carbocycles. The second-order valence-corrected chi connectivity index (χ2v) is 6.31. The molecular formula is C19H34N2. The minimum absolute atomic E-state index is 0.342. The Bertz CT molecular complexity index is 435. The van der Waals surface area contributed by atoms with E-state index in [1.54, 1.807) is 0 Å². The summed E-state index contributed by atoms with van der Waals surface area (Å²) in [6.07, 6.45) is 2.49. The highest BCUT2D eigenvalue weighted by atomic mass is 15.2. The fraction of sp³-hybridized carbons (Fsp3) is 0.684. The Hall–Kier alpha value is -0.860. The summed E-state index contributed by atoms with van der Waals surface area (Å²) in [5.74, 6) is 0.769. The number of benzene rings is 1. The molecule has 0 saturated heterocycles. The van der Waals surface area contributed by atoms with Crippen LogP contribution in [0, 0.1) is 26.7 Å². The lowest BCUT2D eigenvalue weighted by Crippen LogP contribution is -2.37. The van der Waals surface area contributed by atoms with Gasteiger partial charge in [-0.25, -0.2) is 0 Å². The molecule has 0 bridgehead atoms. The van der Waals surface area contributed by atoms with Gasteiger partial charge in [-0.05, 0) is 55.5 Å². The van der Waals surface area contributed by atoms with E-state index in [4.69, 9.17) is 5.73 Å². The topological polar surface area (TPSA) is 29.3 Å². The molecule has 2 heteroatoms. The maximum atomic E-state index is 6.16. The monoisotopic (exact) mass is 290 g/mol. The second-order valence-electron chi connectivity index (χ2n) is 6.31. The molecule has 2 N–H and O–H groups in total. The molecule has 2 nitrogen and oxygen atoms in total. The van der Waals surface area contributed by atoms with Crippen LogP contribution >= 0.6 is 0 Å². The summed E-state index contributed by atoms with van der Waals surface area (Å²) in [5.41, 5.74) is 11.7. The van der Waals surface area contributed by atoms with Crippen molar-refractivity contribution < 1.29 is 0 Å². The van der Waals surface area contributed by atoms with Crippen molar-refractivity contribution in [3.8, 4) is 0 Å². The highest BCUT2D eigenvalue weighted by Gasteiger charge is 2.22. The van der Waals surface area contributed by atoms with E-state index in [-0.39, 0.29) is 0 Å². The summed E-state index contributed by atoms with van der Waals surface area (Å²) < 4.78 is 0. The van der Waals surface area contributed by atoms with Crippen molar-refractivity contribution >= 4 is 0 Å². The third-order valence-corrected chi connectivity index (χ3v) is 4.96. The van der Waals surface area contributed by atoms with Crippen molar-refractivity contribution in [2.45, 2.75) is 60.4 Å². The average molecular weight is 290 g/mol. The van der Waals surface area contributed by atoms with Gasteiger partial charge in [0.15, 0.2) is 0 Å². The minimum Gasteiger partial charge on any atom is -0.329 e. The summed E-state index contributed by atoms with van der Waals surface area (Å²) >= 11 is 0. The van der Waals surface area contributed by atoms with Gasteiger partial charge in [0.1, 0.15) is 0 Å². The molecule has 0 aromatic heterocycles. The van der Waals surface area contributed by atoms with E-state index in [9.17, 15) is 0 Å². The summed E-state index contributed by atoms with van der Waals surface area (Å²) in [4.78, 5) is 2.56. The third-order valence-electron chi connectivity index (χ3n) is 4.96. The molecule has 0 aliphatic carbocycles. The normalized spacial score (nSPS) is 13.2. The van der Waals surface area contributed by atoms with Crippen LogP contribution in [0.5, 0.6) is 0 Å². The Balaban J connectivity index is 3.06. The minimum atomic E-state index is 0.342. The molecule has 0 fully saturated rings. The smallest absolute Gasteiger partial charge is 0.0473 e. The van der Waals surface area contributed by atoms with Crippen LogP contribution in [0.15, 0.2) is 12.1 Å². The van der Waals surface area contributed by atoms with Crippen LogP contribution in [0.4, 0.5) is 0 Å². The number of hydrogen-bond donors (Lipinski definition) is 1. The van der Waals surface area contributed by atoms with E-state index < -0.39 is 0 Å². The van der Waals surface area contributed by atoms with Gasteiger partial charge >= 0.3 is 0 Å². The van der Waals surface area contributed by atoms with Gasteiger partial charge in [-0.1, -0.05) is 45.7 Å². The molecule has 1 atom stereocenters. The van der Waals surface area contributed by atoms with Gasteiger partial charge in [-0.3, -0.25) is 4.90 Å². The van der Waals surface area contributed by atoms with Crippen molar-refractivity contribution in [1.29, 1.82) is 0 Å². The van der Waals surface area contributed by atoms with E-state index in [0.29, 0.717) is 12.6 Å². The van der Waals surface area contributed by atoms with Crippen LogP contribution in [0.3, 0.4) is 0 Å². The molecular weight excluding hydrogens is 256 g/mol. The zero-order valence-electron chi connectivity index (χ0n) is 14.9. The number of hydrogen-bond acceptors (Lipinski definition) is 2. The molecule has 0 aliphatic heterocycles. The first kappa shape index (κ1) is 18.2. The zero-order valence-corrected chi connectivity index (χ0v) is 14.9. The fourth-order valence-corrected chi connectivity index (χ4v) is 3.17. The Kier molecular flexibility index (Phi) is 7.41. The van der Waals surface area contributed by atoms with Crippen molar-refractivity contribution in [1.82, 2.24) is 4.90 Å².